The Balaban J connectivity index is 1.90. The predicted molar refractivity (Wildman–Crippen MR) is 77.5 cm³/mol. The molecule has 2 rings (SSSR count). The average molecular weight is 347 g/mol. The molecule has 0 unspecified atom stereocenters. The number of nitrogens with zero attached hydrogens (tertiary/aromatic N) is 1. The van der Waals surface area contributed by atoms with Gasteiger partial charge in [0.15, 0.2) is 0 Å². The molecule has 1 fully saturated rings. The molecule has 1 saturated carbocycles. The summed E-state index contributed by atoms with van der Waals surface area (Å²) >= 11 is 3.02. The molecule has 1 aromatic rings. The SMILES string of the molecule is O=[N+]([O-])c1cc(F)c(Br)cc1NCCOC1CCCC1. The Labute approximate surface area is 124 Å². The van der Waals surface area contributed by atoms with Crippen molar-refractivity contribution < 1.29 is 14.1 Å². The Bertz CT molecular complexity index is 493. The van der Waals surface area contributed by atoms with Crippen molar-refractivity contribution in [3.8, 4) is 0 Å². The van der Waals surface area contributed by atoms with Crippen LogP contribution in [0.1, 0.15) is 25.7 Å². The topological polar surface area (TPSA) is 64.4 Å². The van der Waals surface area contributed by atoms with E-state index >= 15 is 0 Å². The van der Waals surface area contributed by atoms with Gasteiger partial charge in [-0.05, 0) is 34.8 Å². The van der Waals surface area contributed by atoms with E-state index in [2.05, 4.69) is 21.2 Å². The summed E-state index contributed by atoms with van der Waals surface area (Å²) in [5.41, 5.74) is 0.0184. The molecule has 0 aliphatic heterocycles. The van der Waals surface area contributed by atoms with E-state index in [1.54, 1.807) is 0 Å². The monoisotopic (exact) mass is 346 g/mol. The quantitative estimate of drug-likeness (QED) is 0.482. The van der Waals surface area contributed by atoms with Gasteiger partial charge in [0.05, 0.1) is 28.2 Å². The highest BCUT2D eigenvalue weighted by Crippen LogP contribution is 2.30. The minimum absolute atomic E-state index is 0.197. The third-order valence-electron chi connectivity index (χ3n) is 3.31. The van der Waals surface area contributed by atoms with Crippen LogP contribution in [0.5, 0.6) is 0 Å². The minimum atomic E-state index is -0.649. The zero-order valence-corrected chi connectivity index (χ0v) is 12.5. The lowest BCUT2D eigenvalue weighted by Gasteiger charge is -2.12. The van der Waals surface area contributed by atoms with Crippen molar-refractivity contribution in [3.05, 3.63) is 32.5 Å². The minimum Gasteiger partial charge on any atom is -0.377 e. The third kappa shape index (κ3) is 3.89. The van der Waals surface area contributed by atoms with Crippen molar-refractivity contribution in [3.63, 3.8) is 0 Å². The molecular weight excluding hydrogens is 331 g/mol. The Morgan fingerprint density at radius 1 is 1.45 bits per heavy atom. The Hall–Kier alpha value is -1.21. The lowest BCUT2D eigenvalue weighted by molar-refractivity contribution is -0.384. The predicted octanol–water partition coefficient (Wildman–Crippen LogP) is 3.87. The normalized spacial score (nSPS) is 15.5. The van der Waals surface area contributed by atoms with Crippen LogP contribution in [0, 0.1) is 15.9 Å². The number of hydrogen-bond acceptors (Lipinski definition) is 4. The van der Waals surface area contributed by atoms with Crippen LogP contribution < -0.4 is 5.32 Å². The van der Waals surface area contributed by atoms with Crippen LogP contribution >= 0.6 is 15.9 Å². The van der Waals surface area contributed by atoms with Crippen molar-refractivity contribution in [2.75, 3.05) is 18.5 Å². The Kier molecular flexibility index (Phi) is 5.31. The second kappa shape index (κ2) is 6.99. The van der Waals surface area contributed by atoms with Crippen LogP contribution in [0.3, 0.4) is 0 Å². The molecular formula is C13H16BrFN2O3. The van der Waals surface area contributed by atoms with Crippen LogP contribution in [-0.4, -0.2) is 24.2 Å². The van der Waals surface area contributed by atoms with Gasteiger partial charge in [-0.2, -0.15) is 0 Å². The fourth-order valence-corrected chi connectivity index (χ4v) is 2.64. The summed E-state index contributed by atoms with van der Waals surface area (Å²) in [6, 6.07) is 2.28. The molecule has 0 aromatic heterocycles. The lowest BCUT2D eigenvalue weighted by atomic mass is 10.2. The van der Waals surface area contributed by atoms with Crippen molar-refractivity contribution in [1.29, 1.82) is 0 Å². The van der Waals surface area contributed by atoms with Crippen LogP contribution in [0.25, 0.3) is 0 Å². The van der Waals surface area contributed by atoms with Crippen LogP contribution in [0.4, 0.5) is 15.8 Å². The standard InChI is InChI=1S/C13H16BrFN2O3/c14-10-7-12(13(17(18)19)8-11(10)15)16-5-6-20-9-3-1-2-4-9/h7-9,16H,1-6H2. The fourth-order valence-electron chi connectivity index (χ4n) is 2.30. The van der Waals surface area contributed by atoms with E-state index in [9.17, 15) is 14.5 Å². The largest absolute Gasteiger partial charge is 0.377 e. The molecule has 0 radical (unpaired) electrons. The number of benzene rings is 1. The summed E-state index contributed by atoms with van der Waals surface area (Å²) in [4.78, 5) is 10.3. The molecule has 0 saturated heterocycles. The van der Waals surface area contributed by atoms with E-state index in [4.69, 9.17) is 4.74 Å². The summed E-state index contributed by atoms with van der Waals surface area (Å²) in [6.45, 7) is 0.937. The number of nitrogens with one attached hydrogen (secondary N) is 1. The fraction of sp³-hybridized carbons (Fsp3) is 0.538. The average Bonchev–Trinajstić information content (AvgIpc) is 2.91. The van der Waals surface area contributed by atoms with Crippen molar-refractivity contribution in [1.82, 2.24) is 0 Å². The van der Waals surface area contributed by atoms with Gasteiger partial charge in [-0.25, -0.2) is 4.39 Å². The highest BCUT2D eigenvalue weighted by molar-refractivity contribution is 9.10. The van der Waals surface area contributed by atoms with E-state index < -0.39 is 10.7 Å². The van der Waals surface area contributed by atoms with Gasteiger partial charge >= 0.3 is 0 Å². The molecule has 110 valence electrons. The molecule has 5 nitrogen and oxygen atoms in total. The second-order valence-corrected chi connectivity index (χ2v) is 5.60. The molecule has 1 N–H and O–H groups in total. The zero-order valence-electron chi connectivity index (χ0n) is 10.9. The highest BCUT2D eigenvalue weighted by Gasteiger charge is 2.18. The number of anilines is 1. The molecule has 1 aromatic carbocycles. The van der Waals surface area contributed by atoms with E-state index in [0.29, 0.717) is 24.9 Å². The number of rotatable bonds is 6. The second-order valence-electron chi connectivity index (χ2n) is 4.74. The maximum absolute atomic E-state index is 13.3. The molecule has 7 heteroatoms. The van der Waals surface area contributed by atoms with Crippen LogP contribution in [-0.2, 0) is 4.74 Å². The van der Waals surface area contributed by atoms with E-state index in [1.165, 1.54) is 18.9 Å². The highest BCUT2D eigenvalue weighted by atomic mass is 79.9. The van der Waals surface area contributed by atoms with Gasteiger partial charge in [-0.3, -0.25) is 10.1 Å². The molecule has 0 amide bonds. The van der Waals surface area contributed by atoms with E-state index in [-0.39, 0.29) is 10.2 Å². The van der Waals surface area contributed by atoms with Gasteiger partial charge in [-0.1, -0.05) is 12.8 Å². The zero-order chi connectivity index (χ0) is 14.5. The number of ether oxygens (including phenoxy) is 1. The molecule has 0 atom stereocenters. The summed E-state index contributed by atoms with van der Waals surface area (Å²) in [5, 5.41) is 13.8. The van der Waals surface area contributed by atoms with Gasteiger partial charge in [0.2, 0.25) is 0 Å². The molecule has 1 aliphatic rings. The first kappa shape index (κ1) is 15.2. The van der Waals surface area contributed by atoms with Crippen LogP contribution in [0.15, 0.2) is 16.6 Å². The first-order chi connectivity index (χ1) is 9.58. The summed E-state index contributed by atoms with van der Waals surface area (Å²) < 4.78 is 19.2. The summed E-state index contributed by atoms with van der Waals surface area (Å²) in [6.07, 6.45) is 4.89. The summed E-state index contributed by atoms with van der Waals surface area (Å²) in [5.74, 6) is -0.649. The van der Waals surface area contributed by atoms with Crippen molar-refractivity contribution in [2.45, 2.75) is 31.8 Å². The van der Waals surface area contributed by atoms with Crippen molar-refractivity contribution in [2.24, 2.45) is 0 Å². The molecule has 0 bridgehead atoms. The Morgan fingerprint density at radius 3 is 2.80 bits per heavy atom. The summed E-state index contributed by atoms with van der Waals surface area (Å²) in [7, 11) is 0. The molecule has 0 heterocycles. The van der Waals surface area contributed by atoms with E-state index in [0.717, 1.165) is 18.9 Å². The Morgan fingerprint density at radius 2 is 2.15 bits per heavy atom. The van der Waals surface area contributed by atoms with E-state index in [1.807, 2.05) is 0 Å². The third-order valence-corrected chi connectivity index (χ3v) is 3.92. The molecule has 1 aliphatic carbocycles. The van der Waals surface area contributed by atoms with Gasteiger partial charge in [0.1, 0.15) is 11.5 Å². The van der Waals surface area contributed by atoms with Gasteiger partial charge in [0.25, 0.3) is 5.69 Å². The maximum Gasteiger partial charge on any atom is 0.295 e. The number of nitro benzene ring substituents is 1. The molecule has 20 heavy (non-hydrogen) atoms. The van der Waals surface area contributed by atoms with Crippen molar-refractivity contribution >= 4 is 27.3 Å². The number of halogens is 2. The van der Waals surface area contributed by atoms with Gasteiger partial charge in [-0.15, -0.1) is 0 Å². The van der Waals surface area contributed by atoms with Gasteiger partial charge < -0.3 is 10.1 Å². The van der Waals surface area contributed by atoms with Gasteiger partial charge in [0, 0.05) is 6.54 Å². The number of hydrogen-bond donors (Lipinski definition) is 1. The smallest absolute Gasteiger partial charge is 0.295 e. The molecule has 0 spiro atoms. The lowest BCUT2D eigenvalue weighted by Crippen LogP contribution is -2.16. The number of nitro groups is 1. The van der Waals surface area contributed by atoms with Crippen LogP contribution in [0.2, 0.25) is 0 Å². The maximum atomic E-state index is 13.3. The first-order valence-electron chi connectivity index (χ1n) is 6.57. The first-order valence-corrected chi connectivity index (χ1v) is 7.36.